The van der Waals surface area contributed by atoms with Crippen LogP contribution in [0, 0.1) is 11.8 Å². The van der Waals surface area contributed by atoms with Crippen LogP contribution >= 0.6 is 0 Å². The van der Waals surface area contributed by atoms with E-state index in [1.807, 2.05) is 0 Å². The molecule has 0 spiro atoms. The van der Waals surface area contributed by atoms with E-state index >= 15 is 0 Å². The van der Waals surface area contributed by atoms with Crippen molar-refractivity contribution in [2.45, 2.75) is 71.5 Å². The first kappa shape index (κ1) is 13.4. The highest BCUT2D eigenvalue weighted by Gasteiger charge is 2.36. The van der Waals surface area contributed by atoms with Crippen LogP contribution in [0.2, 0.25) is 0 Å². The summed E-state index contributed by atoms with van der Waals surface area (Å²) in [5.74, 6) is 1.83. The summed E-state index contributed by atoms with van der Waals surface area (Å²) in [6.07, 6.45) is 4.23. The van der Waals surface area contributed by atoms with Gasteiger partial charge in [-0.15, -0.1) is 0 Å². The van der Waals surface area contributed by atoms with Crippen molar-refractivity contribution in [2.24, 2.45) is 11.8 Å². The van der Waals surface area contributed by atoms with Crippen molar-refractivity contribution < 1.29 is 0 Å². The molecule has 0 bridgehead atoms. The molecule has 1 saturated heterocycles. The van der Waals surface area contributed by atoms with E-state index in [0.29, 0.717) is 11.6 Å². The second kappa shape index (κ2) is 4.89. The molecule has 0 aromatic heterocycles. The Kier molecular flexibility index (Phi) is 3.84. The summed E-state index contributed by atoms with van der Waals surface area (Å²) in [5, 5.41) is 3.66. The van der Waals surface area contributed by atoms with Gasteiger partial charge in [-0.05, 0) is 51.9 Å². The zero-order chi connectivity index (χ0) is 12.6. The van der Waals surface area contributed by atoms with E-state index in [1.165, 1.54) is 25.8 Å². The van der Waals surface area contributed by atoms with E-state index in [1.54, 1.807) is 0 Å². The summed E-state index contributed by atoms with van der Waals surface area (Å²) in [6, 6.07) is 1.53. The van der Waals surface area contributed by atoms with Crippen LogP contribution in [0.3, 0.4) is 0 Å². The smallest absolute Gasteiger partial charge is 0.0253 e. The molecule has 2 rings (SSSR count). The molecule has 1 saturated carbocycles. The molecule has 0 aromatic carbocycles. The zero-order valence-corrected chi connectivity index (χ0v) is 12.3. The average molecular weight is 238 g/mol. The minimum absolute atomic E-state index is 0.290. The number of piperazine rings is 1. The number of nitrogens with zero attached hydrogens (tertiary/aromatic N) is 1. The Balaban J connectivity index is 2.00. The van der Waals surface area contributed by atoms with Crippen LogP contribution in [0.1, 0.15) is 53.9 Å². The van der Waals surface area contributed by atoms with E-state index in [0.717, 1.165) is 24.4 Å². The van der Waals surface area contributed by atoms with Crippen molar-refractivity contribution in [3.63, 3.8) is 0 Å². The highest BCUT2D eigenvalue weighted by Crippen LogP contribution is 2.34. The third-order valence-electron chi connectivity index (χ3n) is 5.06. The predicted octanol–water partition coefficient (Wildman–Crippen LogP) is 2.88. The van der Waals surface area contributed by atoms with E-state index in [4.69, 9.17) is 0 Å². The normalized spacial score (nSPS) is 43.6. The molecule has 1 N–H and O–H groups in total. The van der Waals surface area contributed by atoms with E-state index < -0.39 is 0 Å². The Morgan fingerprint density at radius 1 is 1.06 bits per heavy atom. The Morgan fingerprint density at radius 2 is 1.76 bits per heavy atom. The standard InChI is InChI=1S/C15H30N2/c1-11-6-7-14(8-12(11)2)17-10-15(4,5)16-9-13(17)3/h11-14,16H,6-10H2,1-5H3. The summed E-state index contributed by atoms with van der Waals surface area (Å²) in [6.45, 7) is 14.3. The molecule has 2 aliphatic rings. The van der Waals surface area contributed by atoms with Gasteiger partial charge in [-0.1, -0.05) is 13.8 Å². The van der Waals surface area contributed by atoms with Gasteiger partial charge in [-0.25, -0.2) is 0 Å². The maximum atomic E-state index is 3.66. The molecule has 0 aromatic rings. The van der Waals surface area contributed by atoms with E-state index in [2.05, 4.69) is 44.8 Å². The molecule has 4 unspecified atom stereocenters. The van der Waals surface area contributed by atoms with Gasteiger partial charge in [0.25, 0.3) is 0 Å². The molecule has 2 heteroatoms. The van der Waals surface area contributed by atoms with Gasteiger partial charge in [-0.3, -0.25) is 4.90 Å². The van der Waals surface area contributed by atoms with Crippen molar-refractivity contribution in [2.75, 3.05) is 13.1 Å². The molecule has 1 aliphatic carbocycles. The lowest BCUT2D eigenvalue weighted by Gasteiger charge is -2.49. The highest BCUT2D eigenvalue weighted by atomic mass is 15.3. The third kappa shape index (κ3) is 3.03. The monoisotopic (exact) mass is 238 g/mol. The largest absolute Gasteiger partial charge is 0.309 e. The molecule has 1 heterocycles. The summed E-state index contributed by atoms with van der Waals surface area (Å²) in [4.78, 5) is 2.78. The van der Waals surface area contributed by atoms with E-state index in [9.17, 15) is 0 Å². The lowest BCUT2D eigenvalue weighted by molar-refractivity contribution is 0.0268. The minimum Gasteiger partial charge on any atom is -0.309 e. The lowest BCUT2D eigenvalue weighted by atomic mass is 9.77. The van der Waals surface area contributed by atoms with Crippen LogP contribution < -0.4 is 5.32 Å². The molecule has 2 nitrogen and oxygen atoms in total. The minimum atomic E-state index is 0.290. The summed E-state index contributed by atoms with van der Waals surface area (Å²) >= 11 is 0. The van der Waals surface area contributed by atoms with Gasteiger partial charge in [0.1, 0.15) is 0 Å². The lowest BCUT2D eigenvalue weighted by Crippen LogP contribution is -2.63. The Labute approximate surface area is 107 Å². The van der Waals surface area contributed by atoms with E-state index in [-0.39, 0.29) is 0 Å². The number of hydrogen-bond acceptors (Lipinski definition) is 2. The molecule has 1 aliphatic heterocycles. The summed E-state index contributed by atoms with van der Waals surface area (Å²) < 4.78 is 0. The van der Waals surface area contributed by atoms with Gasteiger partial charge in [0, 0.05) is 30.7 Å². The van der Waals surface area contributed by atoms with Crippen molar-refractivity contribution in [1.82, 2.24) is 10.2 Å². The van der Waals surface area contributed by atoms with Crippen molar-refractivity contribution in [3.05, 3.63) is 0 Å². The summed E-state index contributed by atoms with van der Waals surface area (Å²) in [5.41, 5.74) is 0.290. The van der Waals surface area contributed by atoms with Gasteiger partial charge < -0.3 is 5.32 Å². The predicted molar refractivity (Wildman–Crippen MR) is 74.2 cm³/mol. The van der Waals surface area contributed by atoms with Crippen LogP contribution in [0.15, 0.2) is 0 Å². The Bertz CT molecular complexity index is 262. The second-order valence-corrected chi connectivity index (χ2v) is 7.21. The molecule has 0 radical (unpaired) electrons. The van der Waals surface area contributed by atoms with Crippen molar-refractivity contribution in [3.8, 4) is 0 Å². The first-order valence-corrected chi connectivity index (χ1v) is 7.40. The molecular formula is C15H30N2. The fourth-order valence-corrected chi connectivity index (χ4v) is 3.52. The first-order valence-electron chi connectivity index (χ1n) is 7.40. The molecular weight excluding hydrogens is 208 g/mol. The topological polar surface area (TPSA) is 15.3 Å². The van der Waals surface area contributed by atoms with Crippen molar-refractivity contribution in [1.29, 1.82) is 0 Å². The molecule has 100 valence electrons. The van der Waals surface area contributed by atoms with Gasteiger partial charge >= 0.3 is 0 Å². The third-order valence-corrected chi connectivity index (χ3v) is 5.06. The fourth-order valence-electron chi connectivity index (χ4n) is 3.52. The fraction of sp³-hybridized carbons (Fsp3) is 1.00. The second-order valence-electron chi connectivity index (χ2n) is 7.21. The van der Waals surface area contributed by atoms with Crippen LogP contribution in [0.5, 0.6) is 0 Å². The molecule has 4 atom stereocenters. The molecule has 17 heavy (non-hydrogen) atoms. The van der Waals surface area contributed by atoms with Gasteiger partial charge in [0.05, 0.1) is 0 Å². The van der Waals surface area contributed by atoms with Crippen LogP contribution in [-0.4, -0.2) is 35.6 Å². The average Bonchev–Trinajstić information content (AvgIpc) is 2.26. The Morgan fingerprint density at radius 3 is 2.41 bits per heavy atom. The number of rotatable bonds is 1. The molecule has 2 fully saturated rings. The quantitative estimate of drug-likeness (QED) is 0.755. The highest BCUT2D eigenvalue weighted by molar-refractivity contribution is 4.95. The maximum absolute atomic E-state index is 3.66. The number of hydrogen-bond donors (Lipinski definition) is 1. The van der Waals surface area contributed by atoms with Crippen LogP contribution in [0.4, 0.5) is 0 Å². The molecule has 0 amide bonds. The van der Waals surface area contributed by atoms with Crippen LogP contribution in [0.25, 0.3) is 0 Å². The van der Waals surface area contributed by atoms with Gasteiger partial charge in [0.15, 0.2) is 0 Å². The first-order chi connectivity index (χ1) is 7.89. The SMILES string of the molecule is CC1CCC(N2CC(C)(C)NCC2C)CC1C. The number of nitrogens with one attached hydrogen (secondary N) is 1. The van der Waals surface area contributed by atoms with Crippen LogP contribution in [-0.2, 0) is 0 Å². The van der Waals surface area contributed by atoms with Crippen molar-refractivity contribution >= 4 is 0 Å². The summed E-state index contributed by atoms with van der Waals surface area (Å²) in [7, 11) is 0. The maximum Gasteiger partial charge on any atom is 0.0253 e. The Hall–Kier alpha value is -0.0800. The zero-order valence-electron chi connectivity index (χ0n) is 12.3. The van der Waals surface area contributed by atoms with Gasteiger partial charge in [-0.2, -0.15) is 0 Å². The van der Waals surface area contributed by atoms with Gasteiger partial charge in [0.2, 0.25) is 0 Å².